The molecule has 0 saturated heterocycles. The molecule has 37 heavy (non-hydrogen) atoms. The predicted octanol–water partition coefficient (Wildman–Crippen LogP) is 3.87. The second-order valence-corrected chi connectivity index (χ2v) is 9.39. The topological polar surface area (TPSA) is 105 Å². The third-order valence-electron chi connectivity index (χ3n) is 7.09. The third-order valence-corrected chi connectivity index (χ3v) is 7.09. The molecule has 0 saturated carbocycles. The number of nitro groups is 1. The molecule has 2 aliphatic rings. The number of methoxy groups -OCH3 is 1. The van der Waals surface area contributed by atoms with Crippen LogP contribution in [0.4, 0.5) is 5.69 Å². The van der Waals surface area contributed by atoms with Crippen molar-refractivity contribution >= 4 is 18.1 Å². The average molecular weight is 505 g/mol. The number of non-ortho nitro benzene ring substituents is 1. The van der Waals surface area contributed by atoms with Gasteiger partial charge in [0.25, 0.3) is 5.69 Å². The second-order valence-electron chi connectivity index (χ2n) is 9.39. The van der Waals surface area contributed by atoms with Gasteiger partial charge in [-0.15, -0.1) is 0 Å². The number of fused-ring (bicyclic) bond motifs is 1. The van der Waals surface area contributed by atoms with Gasteiger partial charge < -0.3 is 15.0 Å². The van der Waals surface area contributed by atoms with Crippen molar-refractivity contribution in [1.82, 2.24) is 15.1 Å². The van der Waals surface area contributed by atoms with E-state index >= 15 is 0 Å². The van der Waals surface area contributed by atoms with Crippen LogP contribution in [0.2, 0.25) is 0 Å². The summed E-state index contributed by atoms with van der Waals surface area (Å²) in [4.78, 5) is 40.0. The first-order chi connectivity index (χ1) is 17.8. The molecule has 0 spiro atoms. The first kappa shape index (κ1) is 26.1. The number of ether oxygens (including phenoxy) is 1. The Morgan fingerprint density at radius 1 is 1.16 bits per heavy atom. The zero-order chi connectivity index (χ0) is 26.5. The molecule has 2 aliphatic heterocycles. The second kappa shape index (κ2) is 11.4. The van der Waals surface area contributed by atoms with Crippen molar-refractivity contribution in [2.75, 3.05) is 26.7 Å². The van der Waals surface area contributed by atoms with E-state index in [1.807, 2.05) is 6.92 Å². The Kier molecular flexibility index (Phi) is 8.03. The Hall–Kier alpha value is -3.98. The first-order valence-corrected chi connectivity index (χ1v) is 12.4. The van der Waals surface area contributed by atoms with Crippen molar-refractivity contribution in [3.8, 4) is 0 Å². The molecule has 9 heteroatoms. The van der Waals surface area contributed by atoms with Gasteiger partial charge in [-0.25, -0.2) is 4.79 Å². The summed E-state index contributed by atoms with van der Waals surface area (Å²) in [7, 11) is 1.31. The summed E-state index contributed by atoms with van der Waals surface area (Å²) in [5.41, 5.74) is 5.73. The molecular formula is C28H32N4O5. The van der Waals surface area contributed by atoms with Gasteiger partial charge in [-0.2, -0.15) is 0 Å². The summed E-state index contributed by atoms with van der Waals surface area (Å²) in [6.07, 6.45) is 2.55. The molecule has 2 aromatic rings. The summed E-state index contributed by atoms with van der Waals surface area (Å²) < 4.78 is 5.08. The number of allylic oxidation sites excluding steroid dienone is 3. The number of hydrogen-bond acceptors (Lipinski definition) is 7. The molecule has 1 atom stereocenters. The molecule has 0 radical (unpaired) electrons. The van der Waals surface area contributed by atoms with E-state index in [4.69, 9.17) is 4.74 Å². The van der Waals surface area contributed by atoms with Crippen LogP contribution in [0.1, 0.15) is 42.9 Å². The van der Waals surface area contributed by atoms with Crippen molar-refractivity contribution in [2.24, 2.45) is 0 Å². The maximum atomic E-state index is 12.9. The number of dihydropyridines is 1. The van der Waals surface area contributed by atoms with Gasteiger partial charge in [-0.1, -0.05) is 36.4 Å². The number of hydrogen-bond donors (Lipinski definition) is 1. The SMILES string of the molecule is COC(=O)C1=C(C)NC(C)=C(N(C=O)CCCN2CCc3ccccc3C2)C1c1ccc([N+](=O)[O-])cc1. The number of carbonyl (C=O) groups is 2. The Labute approximate surface area is 216 Å². The lowest BCUT2D eigenvalue weighted by atomic mass is 9.83. The van der Waals surface area contributed by atoms with Crippen molar-refractivity contribution in [3.05, 3.63) is 98.0 Å². The van der Waals surface area contributed by atoms with E-state index in [1.54, 1.807) is 24.0 Å². The van der Waals surface area contributed by atoms with Crippen molar-refractivity contribution in [1.29, 1.82) is 0 Å². The van der Waals surface area contributed by atoms with Crippen molar-refractivity contribution in [2.45, 2.75) is 39.2 Å². The zero-order valence-electron chi connectivity index (χ0n) is 21.4. The number of rotatable bonds is 9. The highest BCUT2D eigenvalue weighted by molar-refractivity contribution is 5.92. The van der Waals surface area contributed by atoms with Crippen LogP contribution in [0.25, 0.3) is 0 Å². The molecule has 0 aromatic heterocycles. The maximum Gasteiger partial charge on any atom is 0.336 e. The monoisotopic (exact) mass is 504 g/mol. The van der Waals surface area contributed by atoms with Gasteiger partial charge in [-0.3, -0.25) is 19.8 Å². The van der Waals surface area contributed by atoms with Crippen LogP contribution in [0.15, 0.2) is 71.2 Å². The van der Waals surface area contributed by atoms with Gasteiger partial charge in [0.1, 0.15) is 0 Å². The molecule has 0 aliphatic carbocycles. The van der Waals surface area contributed by atoms with Crippen molar-refractivity contribution < 1.29 is 19.2 Å². The predicted molar refractivity (Wildman–Crippen MR) is 139 cm³/mol. The Balaban J connectivity index is 1.57. The molecule has 1 N–H and O–H groups in total. The molecule has 4 rings (SSSR count). The van der Waals surface area contributed by atoms with E-state index in [2.05, 4.69) is 34.5 Å². The van der Waals surface area contributed by atoms with E-state index in [0.29, 0.717) is 29.1 Å². The molecule has 194 valence electrons. The van der Waals surface area contributed by atoms with E-state index in [1.165, 1.54) is 30.4 Å². The van der Waals surface area contributed by atoms with Crippen LogP contribution < -0.4 is 5.32 Å². The maximum absolute atomic E-state index is 12.9. The van der Waals surface area contributed by atoms with Gasteiger partial charge in [0.15, 0.2) is 0 Å². The summed E-state index contributed by atoms with van der Waals surface area (Å²) >= 11 is 0. The minimum atomic E-state index is -0.610. The van der Waals surface area contributed by atoms with Crippen LogP contribution in [0, 0.1) is 10.1 Å². The Morgan fingerprint density at radius 2 is 1.86 bits per heavy atom. The van der Waals surface area contributed by atoms with Gasteiger partial charge in [0, 0.05) is 49.7 Å². The normalized spacial score (nSPS) is 17.6. The standard InChI is InChI=1S/C28H32N4O5/c1-19-25(28(34)37-3)26(22-9-11-24(12-10-22)32(35)36)27(20(2)29-19)31(18-33)15-6-14-30-16-13-21-7-4-5-8-23(21)17-30/h4-5,7-12,18,26,29H,6,13-17H2,1-3H3. The Bertz CT molecular complexity index is 1250. The lowest BCUT2D eigenvalue weighted by molar-refractivity contribution is -0.384. The number of carbonyl (C=O) groups excluding carboxylic acids is 2. The molecule has 0 bridgehead atoms. The van der Waals surface area contributed by atoms with E-state index in [-0.39, 0.29) is 5.69 Å². The average Bonchev–Trinajstić information content (AvgIpc) is 2.90. The van der Waals surface area contributed by atoms with E-state index < -0.39 is 16.8 Å². The molecule has 1 amide bonds. The minimum Gasteiger partial charge on any atom is -0.466 e. The highest BCUT2D eigenvalue weighted by Crippen LogP contribution is 2.40. The number of nitrogens with zero attached hydrogens (tertiary/aromatic N) is 3. The molecule has 9 nitrogen and oxygen atoms in total. The molecule has 2 aromatic carbocycles. The number of nitro benzene ring substituents is 1. The molecule has 0 fully saturated rings. The zero-order valence-corrected chi connectivity index (χ0v) is 21.4. The third kappa shape index (κ3) is 5.56. The highest BCUT2D eigenvalue weighted by atomic mass is 16.6. The fourth-order valence-electron chi connectivity index (χ4n) is 5.30. The lowest BCUT2D eigenvalue weighted by Gasteiger charge is -2.36. The van der Waals surface area contributed by atoms with Gasteiger partial charge >= 0.3 is 5.97 Å². The number of benzene rings is 2. The summed E-state index contributed by atoms with van der Waals surface area (Å²) in [6, 6.07) is 14.6. The quantitative estimate of drug-likeness (QED) is 0.239. The van der Waals surface area contributed by atoms with Gasteiger partial charge in [0.2, 0.25) is 6.41 Å². The van der Waals surface area contributed by atoms with E-state index in [0.717, 1.165) is 44.6 Å². The lowest BCUT2D eigenvalue weighted by Crippen LogP contribution is -2.38. The van der Waals surface area contributed by atoms with Crippen LogP contribution >= 0.6 is 0 Å². The van der Waals surface area contributed by atoms with Crippen molar-refractivity contribution in [3.63, 3.8) is 0 Å². The Morgan fingerprint density at radius 3 is 2.51 bits per heavy atom. The molecular weight excluding hydrogens is 472 g/mol. The molecule has 2 heterocycles. The van der Waals surface area contributed by atoms with Crippen LogP contribution in [-0.4, -0.2) is 53.8 Å². The van der Waals surface area contributed by atoms with Crippen LogP contribution in [-0.2, 0) is 27.3 Å². The van der Waals surface area contributed by atoms with Gasteiger partial charge in [0.05, 0.1) is 29.2 Å². The first-order valence-electron chi connectivity index (χ1n) is 12.4. The summed E-state index contributed by atoms with van der Waals surface area (Å²) in [5.74, 6) is -1.13. The smallest absolute Gasteiger partial charge is 0.336 e. The van der Waals surface area contributed by atoms with Gasteiger partial charge in [-0.05, 0) is 43.4 Å². The number of amides is 1. The van der Waals surface area contributed by atoms with E-state index in [9.17, 15) is 19.7 Å². The van der Waals surface area contributed by atoms with Crippen LogP contribution in [0.3, 0.4) is 0 Å². The molecule has 1 unspecified atom stereocenters. The number of nitrogens with one attached hydrogen (secondary N) is 1. The fraction of sp³-hybridized carbons (Fsp3) is 0.357. The largest absolute Gasteiger partial charge is 0.466 e. The number of esters is 1. The highest BCUT2D eigenvalue weighted by Gasteiger charge is 2.36. The fourth-order valence-corrected chi connectivity index (χ4v) is 5.30. The van der Waals surface area contributed by atoms with Crippen LogP contribution in [0.5, 0.6) is 0 Å². The summed E-state index contributed by atoms with van der Waals surface area (Å²) in [5, 5.41) is 14.4. The minimum absolute atomic E-state index is 0.0457. The summed E-state index contributed by atoms with van der Waals surface area (Å²) in [6.45, 7) is 6.81.